The van der Waals surface area contributed by atoms with Crippen molar-refractivity contribution in [3.05, 3.63) is 83.9 Å². The number of anilines is 2. The molecule has 1 fully saturated rings. The molecule has 188 valence electrons. The first-order valence-corrected chi connectivity index (χ1v) is 13.0. The Hall–Kier alpha value is -4.13. The smallest absolute Gasteiger partial charge is 0.315 e. The van der Waals surface area contributed by atoms with Crippen molar-refractivity contribution < 1.29 is 4.79 Å². The standard InChI is InChI=1S/C30H32N6O/c1-36(2)28-25-13-7-8-14-26(25)33-29(35-28)31-19-15-17-20(18-16-19)32-30(37)34-27-23-11-5-3-9-21(23)22-10-4-6-12-24(22)27/h3-14,19-20,27H,15-18H2,1-2H3,(H,31,33,35)(H2,32,34,37). The van der Waals surface area contributed by atoms with Crippen LogP contribution in [-0.4, -0.2) is 42.2 Å². The van der Waals surface area contributed by atoms with Gasteiger partial charge in [0, 0.05) is 31.6 Å². The van der Waals surface area contributed by atoms with Gasteiger partial charge in [0.05, 0.1) is 11.6 Å². The molecule has 3 N–H and O–H groups in total. The number of nitrogens with one attached hydrogen (secondary N) is 3. The Morgan fingerprint density at radius 1 is 0.757 bits per heavy atom. The minimum Gasteiger partial charge on any atom is -0.362 e. The Kier molecular flexibility index (Phi) is 6.12. The largest absolute Gasteiger partial charge is 0.362 e. The third kappa shape index (κ3) is 4.57. The lowest BCUT2D eigenvalue weighted by atomic mass is 9.91. The molecule has 0 spiro atoms. The summed E-state index contributed by atoms with van der Waals surface area (Å²) in [6.07, 6.45) is 3.73. The van der Waals surface area contributed by atoms with Crippen LogP contribution in [0.5, 0.6) is 0 Å². The Labute approximate surface area is 217 Å². The number of hydrogen-bond acceptors (Lipinski definition) is 5. The van der Waals surface area contributed by atoms with Gasteiger partial charge in [-0.25, -0.2) is 9.78 Å². The van der Waals surface area contributed by atoms with E-state index in [2.05, 4.69) is 58.4 Å². The summed E-state index contributed by atoms with van der Waals surface area (Å²) in [5.74, 6) is 1.57. The van der Waals surface area contributed by atoms with E-state index in [0.717, 1.165) is 53.5 Å². The van der Waals surface area contributed by atoms with Gasteiger partial charge in [-0.05, 0) is 60.1 Å². The van der Waals surface area contributed by atoms with Gasteiger partial charge < -0.3 is 20.9 Å². The fraction of sp³-hybridized carbons (Fsp3) is 0.300. The zero-order chi connectivity index (χ0) is 25.4. The highest BCUT2D eigenvalue weighted by Crippen LogP contribution is 2.43. The van der Waals surface area contributed by atoms with Crippen LogP contribution in [0.3, 0.4) is 0 Å². The number of rotatable bonds is 5. The van der Waals surface area contributed by atoms with Gasteiger partial charge in [0.2, 0.25) is 5.95 Å². The molecule has 4 aromatic rings. The first kappa shape index (κ1) is 23.3. The number of carbonyl (C=O) groups is 1. The molecule has 37 heavy (non-hydrogen) atoms. The van der Waals surface area contributed by atoms with Crippen LogP contribution in [0.15, 0.2) is 72.8 Å². The van der Waals surface area contributed by atoms with E-state index in [0.29, 0.717) is 5.95 Å². The highest BCUT2D eigenvalue weighted by Gasteiger charge is 2.30. The first-order valence-electron chi connectivity index (χ1n) is 13.0. The molecule has 0 aliphatic heterocycles. The predicted molar refractivity (Wildman–Crippen MR) is 149 cm³/mol. The fourth-order valence-corrected chi connectivity index (χ4v) is 5.70. The number of para-hydroxylation sites is 1. The van der Waals surface area contributed by atoms with Gasteiger partial charge >= 0.3 is 6.03 Å². The van der Waals surface area contributed by atoms with Crippen LogP contribution in [0.25, 0.3) is 22.0 Å². The second-order valence-corrected chi connectivity index (χ2v) is 10.2. The zero-order valence-corrected chi connectivity index (χ0v) is 21.2. The van der Waals surface area contributed by atoms with Gasteiger partial charge in [-0.2, -0.15) is 4.98 Å². The maximum atomic E-state index is 13.0. The van der Waals surface area contributed by atoms with Crippen molar-refractivity contribution in [1.82, 2.24) is 20.6 Å². The van der Waals surface area contributed by atoms with E-state index in [-0.39, 0.29) is 24.2 Å². The van der Waals surface area contributed by atoms with E-state index in [1.165, 1.54) is 11.1 Å². The maximum absolute atomic E-state index is 13.0. The van der Waals surface area contributed by atoms with Crippen LogP contribution >= 0.6 is 0 Å². The number of hydrogen-bond donors (Lipinski definition) is 3. The normalized spacial score (nSPS) is 18.6. The first-order chi connectivity index (χ1) is 18.1. The Morgan fingerprint density at radius 3 is 2.03 bits per heavy atom. The number of fused-ring (bicyclic) bond motifs is 4. The van der Waals surface area contributed by atoms with Gasteiger partial charge in [0.15, 0.2) is 0 Å². The van der Waals surface area contributed by atoms with Crippen LogP contribution in [0.2, 0.25) is 0 Å². The molecular formula is C30H32N6O. The molecule has 1 aromatic heterocycles. The molecule has 3 aromatic carbocycles. The molecule has 2 aliphatic carbocycles. The lowest BCUT2D eigenvalue weighted by Gasteiger charge is -2.30. The topological polar surface area (TPSA) is 82.2 Å². The van der Waals surface area contributed by atoms with E-state index < -0.39 is 0 Å². The summed E-state index contributed by atoms with van der Waals surface area (Å²) in [6, 6.07) is 24.9. The number of benzene rings is 3. The third-order valence-electron chi connectivity index (χ3n) is 7.51. The maximum Gasteiger partial charge on any atom is 0.315 e. The number of urea groups is 1. The van der Waals surface area contributed by atoms with Crippen LogP contribution < -0.4 is 20.9 Å². The molecule has 0 radical (unpaired) electrons. The van der Waals surface area contributed by atoms with Crippen LogP contribution in [-0.2, 0) is 0 Å². The van der Waals surface area contributed by atoms with Crippen LogP contribution in [0, 0.1) is 0 Å². The number of nitrogens with zero attached hydrogens (tertiary/aromatic N) is 3. The van der Waals surface area contributed by atoms with E-state index in [9.17, 15) is 4.79 Å². The molecule has 7 nitrogen and oxygen atoms in total. The highest BCUT2D eigenvalue weighted by molar-refractivity contribution is 5.90. The van der Waals surface area contributed by atoms with Crippen LogP contribution in [0.1, 0.15) is 42.9 Å². The molecule has 0 unspecified atom stereocenters. The van der Waals surface area contributed by atoms with Gasteiger partial charge in [0.25, 0.3) is 0 Å². The molecule has 0 atom stereocenters. The van der Waals surface area contributed by atoms with E-state index in [4.69, 9.17) is 9.97 Å². The lowest BCUT2D eigenvalue weighted by Crippen LogP contribution is -2.45. The highest BCUT2D eigenvalue weighted by atomic mass is 16.2. The van der Waals surface area contributed by atoms with E-state index in [1.54, 1.807) is 0 Å². The molecule has 6 rings (SSSR count). The summed E-state index contributed by atoms with van der Waals surface area (Å²) in [5.41, 5.74) is 5.64. The molecule has 2 amide bonds. The Bertz CT molecular complexity index is 1400. The molecule has 7 heteroatoms. The molecule has 1 heterocycles. The zero-order valence-electron chi connectivity index (χ0n) is 21.2. The van der Waals surface area contributed by atoms with Crippen LogP contribution in [0.4, 0.5) is 16.6 Å². The Morgan fingerprint density at radius 2 is 1.35 bits per heavy atom. The predicted octanol–water partition coefficient (Wildman–Crippen LogP) is 5.49. The molecule has 0 bridgehead atoms. The average molecular weight is 493 g/mol. The second-order valence-electron chi connectivity index (χ2n) is 10.2. The van der Waals surface area contributed by atoms with Crippen molar-refractivity contribution in [3.8, 4) is 11.1 Å². The minimum absolute atomic E-state index is 0.110. The van der Waals surface area contributed by atoms with Crippen molar-refractivity contribution in [2.75, 3.05) is 24.3 Å². The summed E-state index contributed by atoms with van der Waals surface area (Å²) in [6.45, 7) is 0. The van der Waals surface area contributed by atoms with Gasteiger partial charge in [-0.3, -0.25) is 0 Å². The quantitative estimate of drug-likeness (QED) is 0.343. The molecule has 0 saturated heterocycles. The molecule has 2 aliphatic rings. The monoisotopic (exact) mass is 492 g/mol. The van der Waals surface area contributed by atoms with Crippen molar-refractivity contribution in [1.29, 1.82) is 0 Å². The lowest BCUT2D eigenvalue weighted by molar-refractivity contribution is 0.229. The van der Waals surface area contributed by atoms with Gasteiger partial charge in [-0.1, -0.05) is 60.7 Å². The fourth-order valence-electron chi connectivity index (χ4n) is 5.70. The summed E-state index contributed by atoms with van der Waals surface area (Å²) in [5, 5.41) is 11.0. The number of carbonyl (C=O) groups excluding carboxylic acids is 1. The average Bonchev–Trinajstić information content (AvgIpc) is 3.23. The summed E-state index contributed by atoms with van der Waals surface area (Å²) < 4.78 is 0. The van der Waals surface area contributed by atoms with Gasteiger partial charge in [-0.15, -0.1) is 0 Å². The summed E-state index contributed by atoms with van der Waals surface area (Å²) in [7, 11) is 4.01. The summed E-state index contributed by atoms with van der Waals surface area (Å²) in [4.78, 5) is 24.6. The van der Waals surface area contributed by atoms with E-state index in [1.807, 2.05) is 49.3 Å². The summed E-state index contributed by atoms with van der Waals surface area (Å²) >= 11 is 0. The van der Waals surface area contributed by atoms with Crippen molar-refractivity contribution in [2.45, 2.75) is 43.8 Å². The molecular weight excluding hydrogens is 460 g/mol. The third-order valence-corrected chi connectivity index (χ3v) is 7.51. The second kappa shape index (κ2) is 9.73. The van der Waals surface area contributed by atoms with Crippen molar-refractivity contribution in [2.24, 2.45) is 0 Å². The SMILES string of the molecule is CN(C)c1nc(NC2CCC(NC(=O)NC3c4ccccc4-c4ccccc43)CC2)nc2ccccc12. The minimum atomic E-state index is -0.124. The number of aromatic nitrogens is 2. The number of amides is 2. The molecule has 1 saturated carbocycles. The van der Waals surface area contributed by atoms with E-state index >= 15 is 0 Å². The Balaban J connectivity index is 1.07. The van der Waals surface area contributed by atoms with Gasteiger partial charge in [0.1, 0.15) is 5.82 Å². The van der Waals surface area contributed by atoms with Crippen molar-refractivity contribution >= 4 is 28.7 Å². The van der Waals surface area contributed by atoms with Crippen molar-refractivity contribution in [3.63, 3.8) is 0 Å².